The summed E-state index contributed by atoms with van der Waals surface area (Å²) >= 11 is 0. The van der Waals surface area contributed by atoms with Crippen LogP contribution in [0.15, 0.2) is 30.6 Å². The van der Waals surface area contributed by atoms with E-state index in [9.17, 15) is 4.79 Å². The van der Waals surface area contributed by atoms with Crippen LogP contribution in [0.5, 0.6) is 0 Å². The lowest BCUT2D eigenvalue weighted by atomic mass is 10.2. The van der Waals surface area contributed by atoms with E-state index in [4.69, 9.17) is 9.47 Å². The second-order valence-electron chi connectivity index (χ2n) is 4.95. The third-order valence-corrected chi connectivity index (χ3v) is 3.65. The molecule has 3 rings (SSSR count). The van der Waals surface area contributed by atoms with Gasteiger partial charge in [0.05, 0.1) is 17.4 Å². The quantitative estimate of drug-likeness (QED) is 0.791. The summed E-state index contributed by atoms with van der Waals surface area (Å²) in [5.74, 6) is -0.348. The maximum atomic E-state index is 12.2. The molecule has 0 unspecified atom stereocenters. The minimum atomic E-state index is -0.348. The number of carbonyl (C=O) groups is 1. The normalized spacial score (nSPS) is 21.4. The smallest absolute Gasteiger partial charge is 0.338 e. The van der Waals surface area contributed by atoms with E-state index in [1.54, 1.807) is 25.3 Å². The summed E-state index contributed by atoms with van der Waals surface area (Å²) in [6, 6.07) is 7.01. The first-order valence-corrected chi connectivity index (χ1v) is 6.85. The third-order valence-electron chi connectivity index (χ3n) is 3.65. The average Bonchev–Trinajstić information content (AvgIpc) is 3.18. The van der Waals surface area contributed by atoms with Gasteiger partial charge in [-0.1, -0.05) is 6.07 Å². The summed E-state index contributed by atoms with van der Waals surface area (Å²) in [4.78, 5) is 12.2. The van der Waals surface area contributed by atoms with Crippen LogP contribution in [0.2, 0.25) is 0 Å². The van der Waals surface area contributed by atoms with Gasteiger partial charge in [0.15, 0.2) is 0 Å². The van der Waals surface area contributed by atoms with E-state index in [2.05, 4.69) is 15.5 Å². The van der Waals surface area contributed by atoms with Gasteiger partial charge < -0.3 is 9.47 Å². The van der Waals surface area contributed by atoms with Crippen molar-refractivity contribution in [3.63, 3.8) is 0 Å². The Hall–Kier alpha value is -2.28. The van der Waals surface area contributed by atoms with Gasteiger partial charge in [-0.3, -0.25) is 0 Å². The van der Waals surface area contributed by atoms with Crippen LogP contribution in [-0.2, 0) is 9.47 Å². The van der Waals surface area contributed by atoms with Gasteiger partial charge >= 0.3 is 5.97 Å². The fraction of sp³-hybridized carbons (Fsp3) is 0.429. The third kappa shape index (κ3) is 2.92. The van der Waals surface area contributed by atoms with Crippen LogP contribution in [-0.4, -0.2) is 45.5 Å². The first-order chi connectivity index (χ1) is 10.3. The fourth-order valence-corrected chi connectivity index (χ4v) is 2.56. The molecule has 0 radical (unpaired) electrons. The SMILES string of the molecule is CO[C@@H]1CCC[C@@H]1OC(=O)c1cccc(-n2cnnn2)c1. The molecular weight excluding hydrogens is 272 g/mol. The Morgan fingerprint density at radius 3 is 2.95 bits per heavy atom. The molecule has 1 fully saturated rings. The van der Waals surface area contributed by atoms with E-state index in [0.717, 1.165) is 19.3 Å². The minimum Gasteiger partial charge on any atom is -0.456 e. The number of ether oxygens (including phenoxy) is 2. The zero-order chi connectivity index (χ0) is 14.7. The largest absolute Gasteiger partial charge is 0.456 e. The van der Waals surface area contributed by atoms with Gasteiger partial charge in [-0.25, -0.2) is 9.48 Å². The summed E-state index contributed by atoms with van der Waals surface area (Å²) in [6.45, 7) is 0. The number of carbonyl (C=O) groups excluding carboxylic acids is 1. The molecule has 21 heavy (non-hydrogen) atoms. The second-order valence-corrected chi connectivity index (χ2v) is 4.95. The molecule has 1 saturated carbocycles. The topological polar surface area (TPSA) is 79.1 Å². The van der Waals surface area contributed by atoms with Crippen molar-refractivity contribution < 1.29 is 14.3 Å². The molecular formula is C14H16N4O3. The molecule has 0 N–H and O–H groups in total. The van der Waals surface area contributed by atoms with Crippen LogP contribution in [0, 0.1) is 0 Å². The fourth-order valence-electron chi connectivity index (χ4n) is 2.56. The van der Waals surface area contributed by atoms with Crippen LogP contribution in [0.4, 0.5) is 0 Å². The zero-order valence-electron chi connectivity index (χ0n) is 11.7. The highest BCUT2D eigenvalue weighted by atomic mass is 16.6. The number of aromatic nitrogens is 4. The molecule has 110 valence electrons. The molecule has 1 aliphatic rings. The van der Waals surface area contributed by atoms with Crippen LogP contribution < -0.4 is 0 Å². The molecule has 0 aliphatic heterocycles. The molecule has 1 aromatic heterocycles. The van der Waals surface area contributed by atoms with Gasteiger partial charge in [0.25, 0.3) is 0 Å². The Kier molecular flexibility index (Phi) is 3.92. The second kappa shape index (κ2) is 6.01. The lowest BCUT2D eigenvalue weighted by Crippen LogP contribution is -2.27. The maximum absolute atomic E-state index is 12.2. The predicted octanol–water partition coefficient (Wildman–Crippen LogP) is 1.39. The molecule has 0 saturated heterocycles. The average molecular weight is 288 g/mol. The van der Waals surface area contributed by atoms with Gasteiger partial charge in [-0.2, -0.15) is 0 Å². The van der Waals surface area contributed by atoms with Crippen molar-refractivity contribution >= 4 is 5.97 Å². The number of tetrazole rings is 1. The van der Waals surface area contributed by atoms with Crippen molar-refractivity contribution in [3.8, 4) is 5.69 Å². The molecule has 0 spiro atoms. The number of hydrogen-bond donors (Lipinski definition) is 0. The van der Waals surface area contributed by atoms with E-state index in [0.29, 0.717) is 11.3 Å². The number of methoxy groups -OCH3 is 1. The van der Waals surface area contributed by atoms with Crippen LogP contribution in [0.1, 0.15) is 29.6 Å². The number of nitrogens with zero attached hydrogens (tertiary/aromatic N) is 4. The first-order valence-electron chi connectivity index (χ1n) is 6.85. The van der Waals surface area contributed by atoms with E-state index < -0.39 is 0 Å². The van der Waals surface area contributed by atoms with Crippen LogP contribution in [0.3, 0.4) is 0 Å². The monoisotopic (exact) mass is 288 g/mol. The van der Waals surface area contributed by atoms with Crippen molar-refractivity contribution in [3.05, 3.63) is 36.2 Å². The molecule has 1 aromatic carbocycles. The van der Waals surface area contributed by atoms with Crippen molar-refractivity contribution in [2.24, 2.45) is 0 Å². The molecule has 1 aliphatic carbocycles. The molecule has 0 bridgehead atoms. The number of rotatable bonds is 4. The highest BCUT2D eigenvalue weighted by molar-refractivity contribution is 5.90. The van der Waals surface area contributed by atoms with E-state index >= 15 is 0 Å². The van der Waals surface area contributed by atoms with Crippen molar-refractivity contribution in [2.75, 3.05) is 7.11 Å². The standard InChI is InChI=1S/C14H16N4O3/c1-20-12-6-3-7-13(12)21-14(19)10-4-2-5-11(8-10)18-9-15-16-17-18/h2,4-5,8-9,12-13H,3,6-7H2,1H3/t12-,13+/m1/s1. The summed E-state index contributed by atoms with van der Waals surface area (Å²) in [7, 11) is 1.65. The van der Waals surface area contributed by atoms with Crippen LogP contribution >= 0.6 is 0 Å². The minimum absolute atomic E-state index is 0.00310. The summed E-state index contributed by atoms with van der Waals surface area (Å²) in [6.07, 6.45) is 4.09. The van der Waals surface area contributed by atoms with Crippen molar-refractivity contribution in [1.29, 1.82) is 0 Å². The Morgan fingerprint density at radius 2 is 2.19 bits per heavy atom. The zero-order valence-corrected chi connectivity index (χ0v) is 11.7. The van der Waals surface area contributed by atoms with Crippen molar-refractivity contribution in [1.82, 2.24) is 20.2 Å². The Balaban J connectivity index is 1.74. The molecule has 7 nitrogen and oxygen atoms in total. The molecule has 1 heterocycles. The number of esters is 1. The van der Waals surface area contributed by atoms with E-state index in [1.807, 2.05) is 6.07 Å². The molecule has 7 heteroatoms. The van der Waals surface area contributed by atoms with Gasteiger partial charge in [0.2, 0.25) is 0 Å². The predicted molar refractivity (Wildman–Crippen MR) is 73.0 cm³/mol. The highest BCUT2D eigenvalue weighted by Crippen LogP contribution is 2.25. The van der Waals surface area contributed by atoms with Crippen molar-refractivity contribution in [2.45, 2.75) is 31.5 Å². The van der Waals surface area contributed by atoms with Gasteiger partial charge in [0, 0.05) is 7.11 Å². The summed E-state index contributed by atoms with van der Waals surface area (Å²) in [5, 5.41) is 11.0. The number of hydrogen-bond acceptors (Lipinski definition) is 6. The molecule has 0 amide bonds. The van der Waals surface area contributed by atoms with Gasteiger partial charge in [-0.15, -0.1) is 5.10 Å². The summed E-state index contributed by atoms with van der Waals surface area (Å²) in [5.41, 5.74) is 1.19. The Morgan fingerprint density at radius 1 is 1.33 bits per heavy atom. The first kappa shape index (κ1) is 13.7. The lowest BCUT2D eigenvalue weighted by Gasteiger charge is -2.18. The van der Waals surface area contributed by atoms with E-state index in [-0.39, 0.29) is 18.2 Å². The molecule has 2 aromatic rings. The highest BCUT2D eigenvalue weighted by Gasteiger charge is 2.30. The Bertz CT molecular complexity index is 614. The lowest BCUT2D eigenvalue weighted by molar-refractivity contribution is -0.0206. The molecule has 2 atom stereocenters. The van der Waals surface area contributed by atoms with Crippen LogP contribution in [0.25, 0.3) is 5.69 Å². The van der Waals surface area contributed by atoms with E-state index in [1.165, 1.54) is 11.0 Å². The summed E-state index contributed by atoms with van der Waals surface area (Å²) < 4.78 is 12.4. The Labute approximate surface area is 121 Å². The van der Waals surface area contributed by atoms with Gasteiger partial charge in [0.1, 0.15) is 12.4 Å². The van der Waals surface area contributed by atoms with Gasteiger partial charge in [-0.05, 0) is 47.9 Å². The maximum Gasteiger partial charge on any atom is 0.338 e. The number of benzene rings is 1.